The van der Waals surface area contributed by atoms with Gasteiger partial charge in [-0.2, -0.15) is 0 Å². The van der Waals surface area contributed by atoms with Crippen molar-refractivity contribution in [1.29, 1.82) is 0 Å². The van der Waals surface area contributed by atoms with Gasteiger partial charge in [-0.3, -0.25) is 4.79 Å². The third-order valence-electron chi connectivity index (χ3n) is 2.90. The van der Waals surface area contributed by atoms with E-state index in [1.165, 1.54) is 12.8 Å². The van der Waals surface area contributed by atoms with Crippen LogP contribution in [0.15, 0.2) is 29.1 Å². The molecule has 1 aromatic heterocycles. The number of hydrogen-bond donors (Lipinski definition) is 1. The summed E-state index contributed by atoms with van der Waals surface area (Å²) < 4.78 is 5.64. The summed E-state index contributed by atoms with van der Waals surface area (Å²) in [5.74, 6) is 0.515. The molecule has 2 rings (SSSR count). The van der Waals surface area contributed by atoms with E-state index in [0.717, 1.165) is 18.2 Å². The number of hydrogen-bond acceptors (Lipinski definition) is 3. The van der Waals surface area contributed by atoms with Gasteiger partial charge in [-0.25, -0.2) is 5.10 Å². The van der Waals surface area contributed by atoms with Crippen molar-refractivity contribution in [1.82, 2.24) is 10.2 Å². The van der Waals surface area contributed by atoms with E-state index in [9.17, 15) is 4.79 Å². The van der Waals surface area contributed by atoms with Crippen molar-refractivity contribution in [3.05, 3.63) is 34.6 Å². The fourth-order valence-electron chi connectivity index (χ4n) is 1.90. The van der Waals surface area contributed by atoms with Gasteiger partial charge in [-0.15, -0.1) is 5.10 Å². The van der Waals surface area contributed by atoms with Gasteiger partial charge < -0.3 is 4.74 Å². The van der Waals surface area contributed by atoms with Crippen LogP contribution >= 0.6 is 0 Å². The summed E-state index contributed by atoms with van der Waals surface area (Å²) in [6.45, 7) is 10.8. The summed E-state index contributed by atoms with van der Waals surface area (Å²) in [6, 6.07) is 7.36. The van der Waals surface area contributed by atoms with Gasteiger partial charge in [0.05, 0.1) is 17.4 Å². The number of unbranched alkanes of at least 4 members (excludes halogenated alkanes) is 3. The number of benzene rings is 1. The fraction of sp³-hybridized carbons (Fsp3) is 0.556. The zero-order valence-corrected chi connectivity index (χ0v) is 14.6. The highest BCUT2D eigenvalue weighted by molar-refractivity contribution is 5.85. The molecule has 0 aliphatic rings. The Hall–Kier alpha value is -1.84. The first-order chi connectivity index (χ1) is 10.8. The quantitative estimate of drug-likeness (QED) is 0.769. The number of aromatic nitrogens is 2. The molecule has 0 spiro atoms. The Labute approximate surface area is 133 Å². The van der Waals surface area contributed by atoms with Crippen LogP contribution in [-0.4, -0.2) is 16.8 Å². The highest BCUT2D eigenvalue weighted by Gasteiger charge is 2.06. The van der Waals surface area contributed by atoms with Crippen LogP contribution in [0.3, 0.4) is 0 Å². The van der Waals surface area contributed by atoms with E-state index in [1.807, 2.05) is 45.9 Å². The molecule has 4 heteroatoms. The number of H-pyrrole nitrogens is 1. The molecule has 1 aromatic carbocycles. The molecular weight excluding hydrogens is 276 g/mol. The lowest BCUT2D eigenvalue weighted by Gasteiger charge is -2.07. The van der Waals surface area contributed by atoms with Gasteiger partial charge in [0.25, 0.3) is 5.56 Å². The lowest BCUT2D eigenvalue weighted by atomic mass is 10.2. The van der Waals surface area contributed by atoms with E-state index in [0.29, 0.717) is 17.9 Å². The standard InChI is InChI=1S/C14H18N2O2.2C2H6/c1-2-3-4-7-10-18-14-12-9-6-5-8-11(12)13(17)15-16-14;2*1-2/h5-6,8-9H,2-4,7,10H2,1H3,(H,15,17);2*1-2H3. The van der Waals surface area contributed by atoms with Crippen LogP contribution in [0, 0.1) is 0 Å². The highest BCUT2D eigenvalue weighted by Crippen LogP contribution is 2.19. The Morgan fingerprint density at radius 3 is 2.27 bits per heavy atom. The van der Waals surface area contributed by atoms with Crippen molar-refractivity contribution < 1.29 is 4.74 Å². The third kappa shape index (κ3) is 6.29. The first-order valence-electron chi connectivity index (χ1n) is 8.43. The Bertz CT molecular complexity index is 564. The first kappa shape index (κ1) is 20.2. The minimum atomic E-state index is -0.177. The zero-order valence-electron chi connectivity index (χ0n) is 14.6. The van der Waals surface area contributed by atoms with Crippen LogP contribution in [0.2, 0.25) is 0 Å². The van der Waals surface area contributed by atoms with Gasteiger partial charge in [0.2, 0.25) is 5.88 Å². The van der Waals surface area contributed by atoms with Crippen molar-refractivity contribution in [2.24, 2.45) is 0 Å². The van der Waals surface area contributed by atoms with Crippen LogP contribution < -0.4 is 10.3 Å². The molecular formula is C18H30N2O2. The Morgan fingerprint density at radius 1 is 1.00 bits per heavy atom. The van der Waals surface area contributed by atoms with Crippen molar-refractivity contribution in [2.45, 2.75) is 60.3 Å². The van der Waals surface area contributed by atoms with E-state index in [4.69, 9.17) is 4.74 Å². The molecule has 4 nitrogen and oxygen atoms in total. The predicted octanol–water partition coefficient (Wildman–Crippen LogP) is 4.93. The molecule has 22 heavy (non-hydrogen) atoms. The van der Waals surface area contributed by atoms with Gasteiger partial charge in [0, 0.05) is 0 Å². The molecule has 0 aliphatic carbocycles. The van der Waals surface area contributed by atoms with Crippen LogP contribution in [0.1, 0.15) is 60.3 Å². The molecule has 0 aliphatic heterocycles. The molecule has 0 atom stereocenters. The topological polar surface area (TPSA) is 55.0 Å². The van der Waals surface area contributed by atoms with Gasteiger partial charge in [0.1, 0.15) is 0 Å². The summed E-state index contributed by atoms with van der Waals surface area (Å²) in [6.07, 6.45) is 4.61. The fourth-order valence-corrected chi connectivity index (χ4v) is 1.90. The van der Waals surface area contributed by atoms with Crippen molar-refractivity contribution in [2.75, 3.05) is 6.61 Å². The number of rotatable bonds is 6. The lowest BCUT2D eigenvalue weighted by molar-refractivity contribution is 0.294. The Kier molecular flexibility index (Phi) is 11.8. The number of ether oxygens (including phenoxy) is 1. The number of nitrogens with one attached hydrogen (secondary N) is 1. The van der Waals surface area contributed by atoms with Crippen LogP contribution in [0.4, 0.5) is 0 Å². The second-order valence-corrected chi connectivity index (χ2v) is 4.31. The van der Waals surface area contributed by atoms with Gasteiger partial charge in [0.15, 0.2) is 0 Å². The number of aromatic amines is 1. The second-order valence-electron chi connectivity index (χ2n) is 4.31. The monoisotopic (exact) mass is 306 g/mol. The molecule has 1 heterocycles. The van der Waals surface area contributed by atoms with Crippen LogP contribution in [-0.2, 0) is 0 Å². The van der Waals surface area contributed by atoms with E-state index in [2.05, 4.69) is 17.1 Å². The SMILES string of the molecule is CC.CC.CCCCCCOc1n[nH]c(=O)c2ccccc12. The zero-order chi connectivity index (χ0) is 16.8. The van der Waals surface area contributed by atoms with Crippen molar-refractivity contribution in [3.8, 4) is 5.88 Å². The van der Waals surface area contributed by atoms with Crippen LogP contribution in [0.25, 0.3) is 10.8 Å². The van der Waals surface area contributed by atoms with Crippen LogP contribution in [0.5, 0.6) is 5.88 Å². The Morgan fingerprint density at radius 2 is 1.64 bits per heavy atom. The third-order valence-corrected chi connectivity index (χ3v) is 2.90. The van der Waals surface area contributed by atoms with Crippen molar-refractivity contribution >= 4 is 10.8 Å². The molecule has 1 N–H and O–H groups in total. The molecule has 0 unspecified atom stereocenters. The molecule has 124 valence electrons. The normalized spacial score (nSPS) is 9.32. The molecule has 0 bridgehead atoms. The van der Waals surface area contributed by atoms with Gasteiger partial charge >= 0.3 is 0 Å². The minimum absolute atomic E-state index is 0.177. The van der Waals surface area contributed by atoms with E-state index in [1.54, 1.807) is 6.07 Å². The molecule has 0 saturated heterocycles. The molecule has 0 fully saturated rings. The first-order valence-corrected chi connectivity index (χ1v) is 8.43. The van der Waals surface area contributed by atoms with E-state index in [-0.39, 0.29) is 5.56 Å². The summed E-state index contributed by atoms with van der Waals surface area (Å²) in [5.41, 5.74) is -0.177. The number of fused-ring (bicyclic) bond motifs is 1. The van der Waals surface area contributed by atoms with Gasteiger partial charge in [-0.1, -0.05) is 66.0 Å². The largest absolute Gasteiger partial charge is 0.476 e. The minimum Gasteiger partial charge on any atom is -0.476 e. The maximum absolute atomic E-state index is 11.6. The Balaban J connectivity index is 0.00000102. The predicted molar refractivity (Wildman–Crippen MR) is 94.7 cm³/mol. The summed E-state index contributed by atoms with van der Waals surface area (Å²) in [4.78, 5) is 11.6. The second kappa shape index (κ2) is 12.9. The maximum atomic E-state index is 11.6. The van der Waals surface area contributed by atoms with E-state index >= 15 is 0 Å². The van der Waals surface area contributed by atoms with Gasteiger partial charge in [-0.05, 0) is 18.6 Å². The average molecular weight is 306 g/mol. The highest BCUT2D eigenvalue weighted by atomic mass is 16.5. The number of nitrogens with zero attached hydrogens (tertiary/aromatic N) is 1. The average Bonchev–Trinajstić information content (AvgIpc) is 2.60. The molecule has 0 saturated carbocycles. The summed E-state index contributed by atoms with van der Waals surface area (Å²) in [7, 11) is 0. The molecule has 2 aromatic rings. The molecule has 0 radical (unpaired) electrons. The summed E-state index contributed by atoms with van der Waals surface area (Å²) >= 11 is 0. The van der Waals surface area contributed by atoms with Crippen molar-refractivity contribution in [3.63, 3.8) is 0 Å². The summed E-state index contributed by atoms with van der Waals surface area (Å²) in [5, 5.41) is 7.83. The molecule has 0 amide bonds. The maximum Gasteiger partial charge on any atom is 0.272 e. The smallest absolute Gasteiger partial charge is 0.272 e. The van der Waals surface area contributed by atoms with E-state index < -0.39 is 0 Å². The lowest BCUT2D eigenvalue weighted by Crippen LogP contribution is -2.10.